The Hall–Kier alpha value is -3.71. The van der Waals surface area contributed by atoms with Gasteiger partial charge in [-0.05, 0) is 48.4 Å². The lowest BCUT2D eigenvalue weighted by molar-refractivity contribution is -0.139. The number of benzene rings is 2. The van der Waals surface area contributed by atoms with Crippen LogP contribution in [0.15, 0.2) is 54.6 Å². The predicted molar refractivity (Wildman–Crippen MR) is 176 cm³/mol. The third-order valence-electron chi connectivity index (χ3n) is 9.05. The van der Waals surface area contributed by atoms with Crippen LogP contribution in [0.5, 0.6) is 5.75 Å². The van der Waals surface area contributed by atoms with Gasteiger partial charge >= 0.3 is 6.03 Å². The third kappa shape index (κ3) is 10.1. The molecular weight excluding hydrogens is 602 g/mol. The smallest absolute Gasteiger partial charge is 0.320 e. The Morgan fingerprint density at radius 2 is 1.66 bits per heavy atom. The highest BCUT2D eigenvalue weighted by Crippen LogP contribution is 2.39. The van der Waals surface area contributed by atoms with E-state index < -0.39 is 0 Å². The van der Waals surface area contributed by atoms with Gasteiger partial charge in [0.2, 0.25) is 11.8 Å². The van der Waals surface area contributed by atoms with Crippen LogP contribution in [0.25, 0.3) is 0 Å². The Bertz CT molecular complexity index is 1290. The number of hydrogen-bond acceptors (Lipinski definition) is 8. The number of likely N-dealkylation sites (tertiary alicyclic amines) is 2. The van der Waals surface area contributed by atoms with Crippen molar-refractivity contribution in [1.29, 1.82) is 0 Å². The quantitative estimate of drug-likeness (QED) is 0.249. The van der Waals surface area contributed by atoms with Crippen LogP contribution in [-0.2, 0) is 23.8 Å². The lowest BCUT2D eigenvalue weighted by atomic mass is 9.76. The maximum atomic E-state index is 13.5. The summed E-state index contributed by atoms with van der Waals surface area (Å²) in [6.07, 6.45) is 2.76. The molecule has 0 aromatic heterocycles. The number of carbonyl (C=O) groups is 3. The zero-order valence-corrected chi connectivity index (χ0v) is 27.1. The average Bonchev–Trinajstić information content (AvgIpc) is 3.10. The van der Waals surface area contributed by atoms with E-state index in [-0.39, 0.29) is 48.9 Å². The van der Waals surface area contributed by atoms with E-state index >= 15 is 0 Å². The molecule has 1 unspecified atom stereocenters. The van der Waals surface area contributed by atoms with Crippen LogP contribution < -0.4 is 21.1 Å². The van der Waals surface area contributed by atoms with E-state index in [4.69, 9.17) is 24.7 Å². The summed E-state index contributed by atoms with van der Waals surface area (Å²) in [7, 11) is 0. The number of hydrogen-bond donors (Lipinski definition) is 3. The molecule has 12 nitrogen and oxygen atoms in total. The lowest BCUT2D eigenvalue weighted by Gasteiger charge is -2.44. The summed E-state index contributed by atoms with van der Waals surface area (Å²) in [6, 6.07) is 18.6. The van der Waals surface area contributed by atoms with E-state index in [0.717, 1.165) is 25.0 Å². The average molecular weight is 652 g/mol. The minimum atomic E-state index is -0.142. The summed E-state index contributed by atoms with van der Waals surface area (Å²) < 4.78 is 22.4. The van der Waals surface area contributed by atoms with Crippen LogP contribution in [0.4, 0.5) is 4.79 Å². The van der Waals surface area contributed by atoms with Crippen LogP contribution in [0.3, 0.4) is 0 Å². The van der Waals surface area contributed by atoms with Gasteiger partial charge in [0.05, 0.1) is 45.1 Å². The van der Waals surface area contributed by atoms with Crippen LogP contribution in [0.2, 0.25) is 0 Å². The van der Waals surface area contributed by atoms with Gasteiger partial charge in [0, 0.05) is 45.1 Å². The van der Waals surface area contributed by atoms with Crippen LogP contribution in [0, 0.1) is 5.92 Å². The Morgan fingerprint density at radius 3 is 2.45 bits per heavy atom. The molecule has 256 valence electrons. The largest absolute Gasteiger partial charge is 0.492 e. The molecule has 0 radical (unpaired) electrons. The van der Waals surface area contributed by atoms with Crippen LogP contribution in [-0.4, -0.2) is 119 Å². The number of nitrogens with two attached hydrogens (primary N) is 1. The molecule has 4 N–H and O–H groups in total. The summed E-state index contributed by atoms with van der Waals surface area (Å²) >= 11 is 0. The molecule has 3 aliphatic heterocycles. The Labute approximate surface area is 277 Å². The number of fused-ring (bicyclic) bond motifs is 1. The minimum Gasteiger partial charge on any atom is -0.492 e. The van der Waals surface area contributed by atoms with Gasteiger partial charge in [-0.1, -0.05) is 42.5 Å². The Morgan fingerprint density at radius 1 is 0.915 bits per heavy atom. The number of nitrogens with zero attached hydrogens (tertiary/aromatic N) is 2. The fourth-order valence-corrected chi connectivity index (χ4v) is 6.71. The van der Waals surface area contributed by atoms with E-state index in [1.54, 1.807) is 0 Å². The first-order chi connectivity index (χ1) is 23.0. The molecule has 2 aromatic carbocycles. The van der Waals surface area contributed by atoms with Crippen LogP contribution >= 0.6 is 0 Å². The van der Waals surface area contributed by atoms with Crippen molar-refractivity contribution in [2.45, 2.75) is 43.7 Å². The van der Waals surface area contributed by atoms with Crippen molar-refractivity contribution in [3.63, 3.8) is 0 Å². The van der Waals surface area contributed by atoms with E-state index in [1.165, 1.54) is 11.1 Å². The van der Waals surface area contributed by atoms with E-state index in [9.17, 15) is 14.4 Å². The first-order valence-corrected chi connectivity index (χ1v) is 16.9. The molecule has 3 fully saturated rings. The van der Waals surface area contributed by atoms with E-state index in [2.05, 4.69) is 47.0 Å². The number of nitrogens with one attached hydrogen (secondary N) is 2. The maximum absolute atomic E-state index is 13.5. The van der Waals surface area contributed by atoms with Crippen LogP contribution in [0.1, 0.15) is 42.7 Å². The van der Waals surface area contributed by atoms with Gasteiger partial charge in [0.15, 0.2) is 0 Å². The third-order valence-corrected chi connectivity index (χ3v) is 9.05. The maximum Gasteiger partial charge on any atom is 0.320 e. The second-order valence-electron chi connectivity index (χ2n) is 12.3. The summed E-state index contributed by atoms with van der Waals surface area (Å²) in [5, 5.41) is 5.87. The summed E-state index contributed by atoms with van der Waals surface area (Å²) in [4.78, 5) is 41.3. The normalized spacial score (nSPS) is 20.7. The van der Waals surface area contributed by atoms with Gasteiger partial charge in [-0.2, -0.15) is 0 Å². The molecule has 0 saturated carbocycles. The second kappa shape index (κ2) is 18.0. The van der Waals surface area contributed by atoms with Gasteiger partial charge in [-0.15, -0.1) is 0 Å². The molecule has 5 rings (SSSR count). The van der Waals surface area contributed by atoms with E-state index in [0.29, 0.717) is 78.2 Å². The number of carbonyl (C=O) groups excluding carboxylic acids is 3. The van der Waals surface area contributed by atoms with Gasteiger partial charge in [0.25, 0.3) is 0 Å². The fourth-order valence-electron chi connectivity index (χ4n) is 6.71. The van der Waals surface area contributed by atoms with Crippen molar-refractivity contribution < 1.29 is 33.3 Å². The Kier molecular flexibility index (Phi) is 13.3. The number of rotatable bonds is 15. The summed E-state index contributed by atoms with van der Waals surface area (Å²) in [6.45, 7) is 5.56. The van der Waals surface area contributed by atoms with Gasteiger partial charge in [-0.3, -0.25) is 9.59 Å². The highest BCUT2D eigenvalue weighted by atomic mass is 16.5. The summed E-state index contributed by atoms with van der Waals surface area (Å²) in [5.41, 5.74) is 7.79. The van der Waals surface area contributed by atoms with Crippen molar-refractivity contribution in [3.8, 4) is 5.75 Å². The zero-order chi connectivity index (χ0) is 32.8. The van der Waals surface area contributed by atoms with Gasteiger partial charge in [0.1, 0.15) is 19.0 Å². The second-order valence-corrected chi connectivity index (χ2v) is 12.3. The molecular formula is C35H49N5O7. The molecule has 0 aliphatic carbocycles. The fraction of sp³-hybridized carbons (Fsp3) is 0.571. The number of ether oxygens (including phenoxy) is 4. The minimum absolute atomic E-state index is 0.0179. The zero-order valence-electron chi connectivity index (χ0n) is 27.1. The number of amides is 4. The monoisotopic (exact) mass is 651 g/mol. The van der Waals surface area contributed by atoms with Gasteiger partial charge in [-0.25, -0.2) is 4.79 Å². The standard InChI is InChI=1S/C35H49N5O7/c36-13-19-45-22-21-44-18-12-32(41)37-14-20-46-29-8-4-7-28(23-29)34(26-5-2-1-3-6-26)27-9-15-39(16-10-27)35(43)40-17-11-31-30(24-40)38-33(42)25-47-31/h1-8,23,27,30-31,34H,9-22,24-25,36H2,(H,37,41)(H,38,42)/t30-,31+,34?/m1/s1. The number of morpholine rings is 1. The Balaban J connectivity index is 1.11. The molecule has 4 amide bonds. The SMILES string of the molecule is NCCOCCOCCC(=O)NCCOc1cccc(C(c2ccccc2)C2CCN(C(=O)N3CC[C@@H]4OCC(=O)N[C@@H]4C3)CC2)c1. The first kappa shape index (κ1) is 34.6. The molecule has 47 heavy (non-hydrogen) atoms. The van der Waals surface area contributed by atoms with Crippen molar-refractivity contribution in [1.82, 2.24) is 20.4 Å². The molecule has 2 aromatic rings. The van der Waals surface area contributed by atoms with Crippen molar-refractivity contribution in [2.75, 3.05) is 78.9 Å². The molecule has 3 atom stereocenters. The van der Waals surface area contributed by atoms with Crippen molar-refractivity contribution in [2.24, 2.45) is 11.7 Å². The number of urea groups is 1. The highest BCUT2D eigenvalue weighted by molar-refractivity contribution is 5.79. The molecule has 3 heterocycles. The van der Waals surface area contributed by atoms with Crippen molar-refractivity contribution >= 4 is 17.8 Å². The predicted octanol–water partition coefficient (Wildman–Crippen LogP) is 2.12. The molecule has 3 saturated heterocycles. The molecule has 3 aliphatic rings. The van der Waals surface area contributed by atoms with Gasteiger partial charge < -0.3 is 45.1 Å². The lowest BCUT2D eigenvalue weighted by Crippen LogP contribution is -2.62. The summed E-state index contributed by atoms with van der Waals surface area (Å²) in [5.74, 6) is 1.06. The highest BCUT2D eigenvalue weighted by Gasteiger charge is 2.38. The molecule has 12 heteroatoms. The first-order valence-electron chi connectivity index (χ1n) is 16.9. The topological polar surface area (TPSA) is 145 Å². The van der Waals surface area contributed by atoms with E-state index in [1.807, 2.05) is 28.0 Å². The molecule has 0 spiro atoms. The van der Waals surface area contributed by atoms with Crippen molar-refractivity contribution in [3.05, 3.63) is 65.7 Å². The molecule has 0 bridgehead atoms. The number of piperidine rings is 2.